The lowest BCUT2D eigenvalue weighted by Crippen LogP contribution is -2.40. The summed E-state index contributed by atoms with van der Waals surface area (Å²) >= 11 is 0. The number of benzene rings is 1. The fourth-order valence-electron chi connectivity index (χ4n) is 5.24. The predicted octanol–water partition coefficient (Wildman–Crippen LogP) is 3.15. The monoisotopic (exact) mass is 420 g/mol. The van der Waals surface area contributed by atoms with Crippen molar-refractivity contribution in [2.45, 2.75) is 82.2 Å². The van der Waals surface area contributed by atoms with Gasteiger partial charge < -0.3 is 29.5 Å². The maximum Gasteiger partial charge on any atom is 0.341 e. The molecule has 2 fully saturated rings. The summed E-state index contributed by atoms with van der Waals surface area (Å²) in [5, 5.41) is 30.0. The Hall–Kier alpha value is -1.99. The number of fused-ring (bicyclic) bond motifs is 2. The number of carboxylic acid groups (broad SMARTS) is 1. The molecule has 2 saturated carbocycles. The van der Waals surface area contributed by atoms with Crippen LogP contribution in [0.1, 0.15) is 57.8 Å². The lowest BCUT2D eigenvalue weighted by molar-refractivity contribution is -0.139. The van der Waals surface area contributed by atoms with Crippen molar-refractivity contribution in [1.82, 2.24) is 0 Å². The summed E-state index contributed by atoms with van der Waals surface area (Å²) in [6.45, 7) is -0.460. The molecule has 1 aromatic rings. The number of carboxylic acids is 1. The van der Waals surface area contributed by atoms with Gasteiger partial charge in [-0.05, 0) is 37.3 Å². The summed E-state index contributed by atoms with van der Waals surface area (Å²) in [4.78, 5) is 10.8. The molecule has 7 heteroatoms. The summed E-state index contributed by atoms with van der Waals surface area (Å²) in [6, 6.07) is 5.14. The molecule has 0 radical (unpaired) electrons. The van der Waals surface area contributed by atoms with Gasteiger partial charge in [-0.1, -0.05) is 38.2 Å². The van der Waals surface area contributed by atoms with Crippen molar-refractivity contribution < 1.29 is 34.3 Å². The largest absolute Gasteiger partial charge is 0.482 e. The molecule has 0 bridgehead atoms. The Labute approximate surface area is 177 Å². The minimum Gasteiger partial charge on any atom is -0.482 e. The van der Waals surface area contributed by atoms with E-state index >= 15 is 0 Å². The molecule has 7 nitrogen and oxygen atoms in total. The first kappa shape index (κ1) is 21.2. The molecule has 5 unspecified atom stereocenters. The number of hydrogen-bond acceptors (Lipinski definition) is 6. The standard InChI is InChI=1S/C23H32O7/c24-15(11-14-5-2-1-3-6-14)9-10-16-17(25)12-20-22(16)29-19-8-4-7-18(23(19)30-20)28-13-21(26)27/h4,7-8,14-17,20,22,24-25H,1-3,5-6,9-13H2,(H,26,27). The van der Waals surface area contributed by atoms with Crippen LogP contribution in [-0.4, -0.2) is 52.3 Å². The summed E-state index contributed by atoms with van der Waals surface area (Å²) < 4.78 is 17.6. The van der Waals surface area contributed by atoms with Gasteiger partial charge in [0.25, 0.3) is 0 Å². The number of para-hydroxylation sites is 1. The number of ether oxygens (including phenoxy) is 3. The predicted molar refractivity (Wildman–Crippen MR) is 109 cm³/mol. The van der Waals surface area contributed by atoms with Crippen LogP contribution in [0, 0.1) is 11.8 Å². The van der Waals surface area contributed by atoms with E-state index in [1.165, 1.54) is 32.1 Å². The van der Waals surface area contributed by atoms with E-state index in [4.69, 9.17) is 19.3 Å². The second-order valence-corrected chi connectivity index (χ2v) is 8.94. The Morgan fingerprint density at radius 3 is 2.77 bits per heavy atom. The Bertz CT molecular complexity index is 730. The third-order valence-electron chi connectivity index (χ3n) is 6.75. The summed E-state index contributed by atoms with van der Waals surface area (Å²) in [6.07, 6.45) is 7.41. The molecule has 5 atom stereocenters. The second-order valence-electron chi connectivity index (χ2n) is 8.94. The fourth-order valence-corrected chi connectivity index (χ4v) is 5.24. The van der Waals surface area contributed by atoms with E-state index in [2.05, 4.69) is 0 Å². The normalized spacial score (nSPS) is 29.3. The molecular formula is C23H32O7. The molecule has 1 aliphatic heterocycles. The number of aliphatic hydroxyl groups is 2. The van der Waals surface area contributed by atoms with E-state index in [-0.39, 0.29) is 24.2 Å². The van der Waals surface area contributed by atoms with E-state index in [1.54, 1.807) is 18.2 Å². The number of hydrogen-bond donors (Lipinski definition) is 3. The summed E-state index contributed by atoms with van der Waals surface area (Å²) in [7, 11) is 0. The van der Waals surface area contributed by atoms with Gasteiger partial charge in [-0.2, -0.15) is 0 Å². The highest BCUT2D eigenvalue weighted by Gasteiger charge is 2.48. The average Bonchev–Trinajstić information content (AvgIpc) is 3.03. The average molecular weight is 421 g/mol. The zero-order valence-corrected chi connectivity index (χ0v) is 17.2. The molecule has 3 aliphatic rings. The summed E-state index contributed by atoms with van der Waals surface area (Å²) in [5.74, 6) is 0.679. The van der Waals surface area contributed by atoms with Gasteiger partial charge in [0.05, 0.1) is 12.2 Å². The number of rotatable bonds is 8. The number of aliphatic carboxylic acids is 1. The number of aliphatic hydroxyl groups excluding tert-OH is 2. The van der Waals surface area contributed by atoms with Gasteiger partial charge in [0.2, 0.25) is 5.75 Å². The molecule has 3 N–H and O–H groups in total. The zero-order valence-electron chi connectivity index (χ0n) is 17.2. The summed E-state index contributed by atoms with van der Waals surface area (Å²) in [5.41, 5.74) is 0. The van der Waals surface area contributed by atoms with Crippen molar-refractivity contribution in [2.24, 2.45) is 11.8 Å². The van der Waals surface area contributed by atoms with Crippen molar-refractivity contribution in [3.8, 4) is 17.2 Å². The molecule has 2 aliphatic carbocycles. The highest BCUT2D eigenvalue weighted by molar-refractivity contribution is 5.68. The van der Waals surface area contributed by atoms with Gasteiger partial charge in [-0.3, -0.25) is 0 Å². The molecule has 1 heterocycles. The highest BCUT2D eigenvalue weighted by Crippen LogP contribution is 2.47. The maximum atomic E-state index is 10.8. The van der Waals surface area contributed by atoms with Gasteiger partial charge in [-0.25, -0.2) is 4.79 Å². The van der Waals surface area contributed by atoms with Crippen molar-refractivity contribution in [3.05, 3.63) is 18.2 Å². The van der Waals surface area contributed by atoms with Crippen molar-refractivity contribution in [1.29, 1.82) is 0 Å². The van der Waals surface area contributed by atoms with Crippen molar-refractivity contribution in [2.75, 3.05) is 6.61 Å². The topological polar surface area (TPSA) is 105 Å². The smallest absolute Gasteiger partial charge is 0.341 e. The molecule has 0 aromatic heterocycles. The van der Waals surface area contributed by atoms with Crippen LogP contribution in [-0.2, 0) is 4.79 Å². The molecule has 0 spiro atoms. The van der Waals surface area contributed by atoms with Crippen LogP contribution >= 0.6 is 0 Å². The molecule has 0 saturated heterocycles. The SMILES string of the molecule is O=C(O)COc1cccc2c1OC1CC(O)C(CCC(O)CC3CCCCC3)C1O2. The van der Waals surface area contributed by atoms with E-state index < -0.39 is 18.7 Å². The highest BCUT2D eigenvalue weighted by atomic mass is 16.6. The van der Waals surface area contributed by atoms with Crippen LogP contribution in [0.15, 0.2) is 18.2 Å². The lowest BCUT2D eigenvalue weighted by atomic mass is 9.84. The van der Waals surface area contributed by atoms with Crippen LogP contribution in [0.5, 0.6) is 17.2 Å². The van der Waals surface area contributed by atoms with E-state index in [1.807, 2.05) is 0 Å². The van der Waals surface area contributed by atoms with Crippen LogP contribution in [0.3, 0.4) is 0 Å². The molecular weight excluding hydrogens is 388 g/mol. The van der Waals surface area contributed by atoms with E-state index in [9.17, 15) is 15.0 Å². The van der Waals surface area contributed by atoms with Gasteiger partial charge in [0.15, 0.2) is 18.1 Å². The first-order chi connectivity index (χ1) is 14.5. The van der Waals surface area contributed by atoms with E-state index in [0.29, 0.717) is 42.4 Å². The molecule has 30 heavy (non-hydrogen) atoms. The van der Waals surface area contributed by atoms with Crippen LogP contribution < -0.4 is 14.2 Å². The van der Waals surface area contributed by atoms with Gasteiger partial charge in [0, 0.05) is 12.3 Å². The Kier molecular flexibility index (Phi) is 6.68. The first-order valence-corrected chi connectivity index (χ1v) is 11.2. The van der Waals surface area contributed by atoms with Crippen molar-refractivity contribution in [3.63, 3.8) is 0 Å². The van der Waals surface area contributed by atoms with Crippen LogP contribution in [0.2, 0.25) is 0 Å². The van der Waals surface area contributed by atoms with Gasteiger partial charge in [0.1, 0.15) is 12.2 Å². The quantitative estimate of drug-likeness (QED) is 0.593. The minimum atomic E-state index is -1.06. The number of carbonyl (C=O) groups is 1. The van der Waals surface area contributed by atoms with Gasteiger partial charge in [-0.15, -0.1) is 0 Å². The third kappa shape index (κ3) is 4.83. The molecule has 1 aromatic carbocycles. The van der Waals surface area contributed by atoms with Crippen LogP contribution in [0.4, 0.5) is 0 Å². The first-order valence-electron chi connectivity index (χ1n) is 11.2. The van der Waals surface area contributed by atoms with Crippen molar-refractivity contribution >= 4 is 5.97 Å². The van der Waals surface area contributed by atoms with Gasteiger partial charge >= 0.3 is 5.97 Å². The lowest BCUT2D eigenvalue weighted by Gasteiger charge is -2.33. The molecule has 166 valence electrons. The van der Waals surface area contributed by atoms with E-state index in [0.717, 1.165) is 6.42 Å². The second kappa shape index (κ2) is 9.43. The Balaban J connectivity index is 1.36. The molecule has 4 rings (SSSR count). The Morgan fingerprint density at radius 2 is 2.00 bits per heavy atom. The minimum absolute atomic E-state index is 0.104. The fraction of sp³-hybridized carbons (Fsp3) is 0.696. The maximum absolute atomic E-state index is 10.8. The third-order valence-corrected chi connectivity index (χ3v) is 6.75. The Morgan fingerprint density at radius 1 is 1.20 bits per heavy atom. The zero-order chi connectivity index (χ0) is 21.1. The molecule has 0 amide bonds. The van der Waals surface area contributed by atoms with Crippen LogP contribution in [0.25, 0.3) is 0 Å².